The third-order valence-corrected chi connectivity index (χ3v) is 4.66. The van der Waals surface area contributed by atoms with Crippen LogP contribution in [-0.4, -0.2) is 44.2 Å². The van der Waals surface area contributed by atoms with Crippen molar-refractivity contribution in [2.24, 2.45) is 11.3 Å². The summed E-state index contributed by atoms with van der Waals surface area (Å²) >= 11 is 0. The summed E-state index contributed by atoms with van der Waals surface area (Å²) in [6.07, 6.45) is 0.729. The molecule has 0 N–H and O–H groups in total. The highest BCUT2D eigenvalue weighted by Crippen LogP contribution is 2.60. The van der Waals surface area contributed by atoms with Gasteiger partial charge >= 0.3 is 12.1 Å². The van der Waals surface area contributed by atoms with Gasteiger partial charge in [0.2, 0.25) is 0 Å². The second kappa shape index (κ2) is 3.60. The molecule has 0 aromatic heterocycles. The van der Waals surface area contributed by atoms with Gasteiger partial charge in [0.15, 0.2) is 0 Å². The molecule has 0 radical (unpaired) electrons. The van der Waals surface area contributed by atoms with Crippen molar-refractivity contribution in [3.63, 3.8) is 0 Å². The molecule has 0 spiro atoms. The molecule has 3 heterocycles. The predicted molar refractivity (Wildman–Crippen MR) is 57.8 cm³/mol. The first-order valence-electron chi connectivity index (χ1n) is 6.09. The van der Waals surface area contributed by atoms with Gasteiger partial charge in [-0.25, -0.2) is 4.79 Å². The average molecular weight is 256 g/mol. The summed E-state index contributed by atoms with van der Waals surface area (Å²) < 4.78 is 20.6. The molecule has 6 nitrogen and oxygen atoms in total. The number of fused-ring (bicyclic) bond motifs is 5. The summed E-state index contributed by atoms with van der Waals surface area (Å²) in [6.45, 7) is 2.35. The van der Waals surface area contributed by atoms with Crippen LogP contribution in [-0.2, 0) is 23.7 Å². The molecule has 2 bridgehead atoms. The SMILES string of the molecule is COC(=O)OC[C@@]12CC[C@@H](O1)[C@]1(C)C(=O)OC[C@@H]21. The van der Waals surface area contributed by atoms with E-state index < -0.39 is 17.2 Å². The quantitative estimate of drug-likeness (QED) is 0.683. The number of hydrogen-bond donors (Lipinski definition) is 0. The van der Waals surface area contributed by atoms with E-state index in [-0.39, 0.29) is 24.6 Å². The van der Waals surface area contributed by atoms with Crippen molar-refractivity contribution < 1.29 is 28.5 Å². The number of cyclic esters (lactones) is 1. The summed E-state index contributed by atoms with van der Waals surface area (Å²) in [7, 11) is 1.26. The van der Waals surface area contributed by atoms with Crippen molar-refractivity contribution >= 4 is 12.1 Å². The smallest absolute Gasteiger partial charge is 0.465 e. The van der Waals surface area contributed by atoms with Gasteiger partial charge in [-0.3, -0.25) is 4.79 Å². The Morgan fingerprint density at radius 3 is 3.06 bits per heavy atom. The molecule has 18 heavy (non-hydrogen) atoms. The summed E-state index contributed by atoms with van der Waals surface area (Å²) in [5, 5.41) is 0. The van der Waals surface area contributed by atoms with Crippen molar-refractivity contribution in [3.05, 3.63) is 0 Å². The number of hydrogen-bond acceptors (Lipinski definition) is 6. The average Bonchev–Trinajstić information content (AvgIpc) is 2.98. The standard InChI is InChI=1S/C12H16O6/c1-11-7(5-16-9(11)13)12(4-3-8(11)18-12)6-17-10(14)15-2/h7-8H,3-6H2,1-2H3/t7-,8-,11-,12-/m1/s1. The molecule has 100 valence electrons. The van der Waals surface area contributed by atoms with Gasteiger partial charge in [-0.15, -0.1) is 0 Å². The van der Waals surface area contributed by atoms with Crippen molar-refractivity contribution in [1.29, 1.82) is 0 Å². The minimum Gasteiger partial charge on any atom is -0.465 e. The van der Waals surface area contributed by atoms with Crippen LogP contribution in [0.5, 0.6) is 0 Å². The lowest BCUT2D eigenvalue weighted by Gasteiger charge is -2.33. The van der Waals surface area contributed by atoms with Crippen molar-refractivity contribution in [3.8, 4) is 0 Å². The van der Waals surface area contributed by atoms with Crippen LogP contribution in [0.1, 0.15) is 19.8 Å². The lowest BCUT2D eigenvalue weighted by Crippen LogP contribution is -2.47. The minimum absolute atomic E-state index is 0.0408. The molecule has 0 aromatic carbocycles. The van der Waals surface area contributed by atoms with Gasteiger partial charge < -0.3 is 18.9 Å². The first-order valence-corrected chi connectivity index (χ1v) is 6.09. The van der Waals surface area contributed by atoms with Gasteiger partial charge in [0.05, 0.1) is 19.8 Å². The van der Waals surface area contributed by atoms with E-state index in [1.54, 1.807) is 0 Å². The molecule has 0 amide bonds. The molecule has 4 atom stereocenters. The van der Waals surface area contributed by atoms with Crippen molar-refractivity contribution in [2.45, 2.75) is 31.5 Å². The Balaban J connectivity index is 1.82. The van der Waals surface area contributed by atoms with Crippen molar-refractivity contribution in [1.82, 2.24) is 0 Å². The fourth-order valence-electron chi connectivity index (χ4n) is 3.59. The number of ether oxygens (including phenoxy) is 4. The normalized spacial score (nSPS) is 44.7. The van der Waals surface area contributed by atoms with E-state index in [1.165, 1.54) is 7.11 Å². The first kappa shape index (κ1) is 11.8. The Kier molecular flexibility index (Phi) is 2.35. The second-order valence-corrected chi connectivity index (χ2v) is 5.39. The van der Waals surface area contributed by atoms with Crippen LogP contribution < -0.4 is 0 Å². The fourth-order valence-corrected chi connectivity index (χ4v) is 3.59. The minimum atomic E-state index is -0.727. The van der Waals surface area contributed by atoms with Crippen LogP contribution >= 0.6 is 0 Å². The van der Waals surface area contributed by atoms with Crippen LogP contribution in [0.2, 0.25) is 0 Å². The zero-order chi connectivity index (χ0) is 13.0. The van der Waals surface area contributed by atoms with Crippen LogP contribution in [0.25, 0.3) is 0 Å². The third kappa shape index (κ3) is 1.27. The summed E-state index contributed by atoms with van der Waals surface area (Å²) in [4.78, 5) is 22.9. The molecule has 3 saturated heterocycles. The van der Waals surface area contributed by atoms with Crippen LogP contribution in [0.15, 0.2) is 0 Å². The van der Waals surface area contributed by atoms with Crippen LogP contribution in [0.4, 0.5) is 4.79 Å². The van der Waals surface area contributed by atoms with E-state index in [0.29, 0.717) is 6.61 Å². The van der Waals surface area contributed by atoms with Crippen molar-refractivity contribution in [2.75, 3.05) is 20.3 Å². The first-order chi connectivity index (χ1) is 8.53. The maximum absolute atomic E-state index is 11.9. The summed E-state index contributed by atoms with van der Waals surface area (Å²) in [5.41, 5.74) is -1.17. The Labute approximate surface area is 105 Å². The van der Waals surface area contributed by atoms with E-state index in [4.69, 9.17) is 14.2 Å². The highest BCUT2D eigenvalue weighted by Gasteiger charge is 2.72. The van der Waals surface area contributed by atoms with E-state index in [9.17, 15) is 9.59 Å². The van der Waals surface area contributed by atoms with Gasteiger partial charge in [-0.05, 0) is 19.8 Å². The Hall–Kier alpha value is -1.30. The summed E-state index contributed by atoms with van der Waals surface area (Å²) in [5.74, 6) is -0.238. The Morgan fingerprint density at radius 1 is 1.56 bits per heavy atom. The van der Waals surface area contributed by atoms with Gasteiger partial charge in [0.25, 0.3) is 0 Å². The molecule has 0 aliphatic carbocycles. The van der Waals surface area contributed by atoms with Gasteiger partial charge in [0, 0.05) is 5.92 Å². The maximum atomic E-state index is 11.9. The molecule has 0 aromatic rings. The molecular formula is C12H16O6. The van der Waals surface area contributed by atoms with E-state index in [1.807, 2.05) is 6.92 Å². The Bertz CT molecular complexity index is 407. The number of carbonyl (C=O) groups is 2. The maximum Gasteiger partial charge on any atom is 0.508 e. The second-order valence-electron chi connectivity index (χ2n) is 5.39. The molecule has 3 fully saturated rings. The number of rotatable bonds is 2. The fraction of sp³-hybridized carbons (Fsp3) is 0.833. The lowest BCUT2D eigenvalue weighted by molar-refractivity contribution is -0.150. The van der Waals surface area contributed by atoms with Crippen LogP contribution in [0, 0.1) is 11.3 Å². The number of esters is 1. The molecule has 0 saturated carbocycles. The van der Waals surface area contributed by atoms with E-state index >= 15 is 0 Å². The molecule has 6 heteroatoms. The lowest BCUT2D eigenvalue weighted by atomic mass is 9.64. The molecule has 3 aliphatic heterocycles. The molecule has 3 rings (SSSR count). The summed E-state index contributed by atoms with van der Waals surface area (Å²) in [6, 6.07) is 0. The molecule has 3 aliphatic rings. The molecular weight excluding hydrogens is 240 g/mol. The Morgan fingerprint density at radius 2 is 2.33 bits per heavy atom. The third-order valence-electron chi connectivity index (χ3n) is 4.66. The highest BCUT2D eigenvalue weighted by atomic mass is 16.7. The zero-order valence-electron chi connectivity index (χ0n) is 10.4. The molecule has 0 unspecified atom stereocenters. The van der Waals surface area contributed by atoms with Crippen LogP contribution in [0.3, 0.4) is 0 Å². The predicted octanol–water partition coefficient (Wildman–Crippen LogP) is 0.880. The number of carbonyl (C=O) groups excluding carboxylic acids is 2. The zero-order valence-corrected chi connectivity index (χ0v) is 10.4. The monoisotopic (exact) mass is 256 g/mol. The topological polar surface area (TPSA) is 71.1 Å². The largest absolute Gasteiger partial charge is 0.508 e. The van der Waals surface area contributed by atoms with Gasteiger partial charge in [-0.2, -0.15) is 0 Å². The van der Waals surface area contributed by atoms with Gasteiger partial charge in [-0.1, -0.05) is 0 Å². The highest BCUT2D eigenvalue weighted by molar-refractivity contribution is 5.81. The van der Waals surface area contributed by atoms with Gasteiger partial charge in [0.1, 0.15) is 17.6 Å². The van der Waals surface area contributed by atoms with E-state index in [0.717, 1.165) is 12.8 Å². The van der Waals surface area contributed by atoms with E-state index in [2.05, 4.69) is 4.74 Å². The number of methoxy groups -OCH3 is 1.